The lowest BCUT2D eigenvalue weighted by Gasteiger charge is -2.09. The molecule has 0 aliphatic heterocycles. The van der Waals surface area contributed by atoms with Crippen LogP contribution in [0.25, 0.3) is 0 Å². The number of aromatic nitrogens is 1. The average Bonchev–Trinajstić information content (AvgIpc) is 2.52. The number of aryl methyl sites for hydroxylation is 2. The van der Waals surface area contributed by atoms with Gasteiger partial charge in [0.1, 0.15) is 11.6 Å². The number of halogens is 1. The molecule has 0 atom stereocenters. The van der Waals surface area contributed by atoms with E-state index in [1.54, 1.807) is 12.1 Å². The molecule has 1 N–H and O–H groups in total. The minimum Gasteiger partial charge on any atom is -0.482 e. The first-order valence-electron chi connectivity index (χ1n) is 7.20. The van der Waals surface area contributed by atoms with Crippen molar-refractivity contribution >= 4 is 29.3 Å². The van der Waals surface area contributed by atoms with Crippen LogP contribution in [0.3, 0.4) is 0 Å². The molecule has 0 fully saturated rings. The third-order valence-corrected chi connectivity index (χ3v) is 3.13. The lowest BCUT2D eigenvalue weighted by molar-refractivity contribution is -0.149. The van der Waals surface area contributed by atoms with Crippen LogP contribution in [0, 0.1) is 13.8 Å². The number of nitrogens with zero attached hydrogens (tertiary/aromatic N) is 1. The normalized spacial score (nSPS) is 10.1. The SMILES string of the molecule is Cc1cc(C)cc(OCC(=O)OCC(=O)Nc2ccc(Cl)cn2)c1. The molecule has 1 heterocycles. The van der Waals surface area contributed by atoms with E-state index in [1.807, 2.05) is 32.0 Å². The number of carbonyl (C=O) groups is 2. The lowest BCUT2D eigenvalue weighted by Crippen LogP contribution is -2.24. The van der Waals surface area contributed by atoms with E-state index in [-0.39, 0.29) is 6.61 Å². The van der Waals surface area contributed by atoms with Gasteiger partial charge in [-0.25, -0.2) is 9.78 Å². The van der Waals surface area contributed by atoms with E-state index in [2.05, 4.69) is 10.3 Å². The zero-order valence-corrected chi connectivity index (χ0v) is 14.1. The second kappa shape index (κ2) is 8.31. The standard InChI is InChI=1S/C17H17ClN2O4/c1-11-5-12(2)7-14(6-11)23-10-17(22)24-9-16(21)20-15-4-3-13(18)8-19-15/h3-8H,9-10H2,1-2H3,(H,19,20,21). The Hall–Kier alpha value is -2.60. The largest absolute Gasteiger partial charge is 0.482 e. The second-order valence-electron chi connectivity index (χ2n) is 5.18. The maximum Gasteiger partial charge on any atom is 0.344 e. The van der Waals surface area contributed by atoms with Crippen molar-refractivity contribution in [3.63, 3.8) is 0 Å². The maximum absolute atomic E-state index is 11.7. The van der Waals surface area contributed by atoms with Crippen LogP contribution < -0.4 is 10.1 Å². The predicted octanol–water partition coefficient (Wildman–Crippen LogP) is 2.91. The summed E-state index contributed by atoms with van der Waals surface area (Å²) in [7, 11) is 0. The van der Waals surface area contributed by atoms with Crippen molar-refractivity contribution in [1.82, 2.24) is 4.98 Å². The molecule has 0 unspecified atom stereocenters. The molecule has 0 aliphatic carbocycles. The highest BCUT2D eigenvalue weighted by Gasteiger charge is 2.09. The Morgan fingerprint density at radius 3 is 2.46 bits per heavy atom. The van der Waals surface area contributed by atoms with E-state index in [0.29, 0.717) is 16.6 Å². The van der Waals surface area contributed by atoms with Gasteiger partial charge in [-0.15, -0.1) is 0 Å². The van der Waals surface area contributed by atoms with E-state index in [9.17, 15) is 9.59 Å². The number of anilines is 1. The van der Waals surface area contributed by atoms with Crippen molar-refractivity contribution in [2.45, 2.75) is 13.8 Å². The monoisotopic (exact) mass is 348 g/mol. The Bertz CT molecular complexity index is 712. The molecule has 0 saturated carbocycles. The number of rotatable bonds is 6. The van der Waals surface area contributed by atoms with Crippen LogP contribution in [0.2, 0.25) is 5.02 Å². The second-order valence-corrected chi connectivity index (χ2v) is 5.62. The van der Waals surface area contributed by atoms with Crippen LogP contribution in [0.1, 0.15) is 11.1 Å². The Labute approximate surface area is 144 Å². The van der Waals surface area contributed by atoms with Crippen LogP contribution in [0.15, 0.2) is 36.5 Å². The predicted molar refractivity (Wildman–Crippen MR) is 90.2 cm³/mol. The Kier molecular flexibility index (Phi) is 6.14. The fourth-order valence-corrected chi connectivity index (χ4v) is 2.09. The average molecular weight is 349 g/mol. The first-order chi connectivity index (χ1) is 11.4. The molecule has 2 aromatic rings. The van der Waals surface area contributed by atoms with Crippen molar-refractivity contribution in [2.75, 3.05) is 18.5 Å². The molecule has 0 radical (unpaired) electrons. The van der Waals surface area contributed by atoms with Gasteiger partial charge < -0.3 is 14.8 Å². The third kappa shape index (κ3) is 5.89. The van der Waals surface area contributed by atoms with E-state index < -0.39 is 18.5 Å². The van der Waals surface area contributed by atoms with Gasteiger partial charge in [-0.3, -0.25) is 4.79 Å². The number of amides is 1. The van der Waals surface area contributed by atoms with Crippen molar-refractivity contribution in [1.29, 1.82) is 0 Å². The smallest absolute Gasteiger partial charge is 0.344 e. The fraction of sp³-hybridized carbons (Fsp3) is 0.235. The zero-order chi connectivity index (χ0) is 17.5. The first-order valence-corrected chi connectivity index (χ1v) is 7.58. The van der Waals surface area contributed by atoms with Crippen molar-refractivity contribution in [2.24, 2.45) is 0 Å². The summed E-state index contributed by atoms with van der Waals surface area (Å²) in [6, 6.07) is 8.78. The summed E-state index contributed by atoms with van der Waals surface area (Å²) in [5, 5.41) is 2.95. The minimum atomic E-state index is -0.631. The molecule has 1 aromatic carbocycles. The van der Waals surface area contributed by atoms with Crippen LogP contribution in [-0.4, -0.2) is 30.1 Å². The third-order valence-electron chi connectivity index (χ3n) is 2.91. The van der Waals surface area contributed by atoms with Crippen LogP contribution in [0.5, 0.6) is 5.75 Å². The Morgan fingerprint density at radius 2 is 1.83 bits per heavy atom. The molecule has 0 spiro atoms. The number of hydrogen-bond acceptors (Lipinski definition) is 5. The quantitative estimate of drug-likeness (QED) is 0.812. The molecule has 0 bridgehead atoms. The summed E-state index contributed by atoms with van der Waals surface area (Å²) in [6.45, 7) is 3.19. The Morgan fingerprint density at radius 1 is 1.12 bits per heavy atom. The molecule has 24 heavy (non-hydrogen) atoms. The van der Waals surface area contributed by atoms with E-state index in [4.69, 9.17) is 21.1 Å². The van der Waals surface area contributed by atoms with Gasteiger partial charge in [-0.2, -0.15) is 0 Å². The van der Waals surface area contributed by atoms with Crippen LogP contribution >= 0.6 is 11.6 Å². The van der Waals surface area contributed by atoms with Gasteiger partial charge in [0.15, 0.2) is 13.2 Å². The minimum absolute atomic E-state index is 0.268. The number of benzene rings is 1. The number of esters is 1. The highest BCUT2D eigenvalue weighted by molar-refractivity contribution is 6.30. The summed E-state index contributed by atoms with van der Waals surface area (Å²) < 4.78 is 10.2. The molecule has 6 nitrogen and oxygen atoms in total. The molecule has 1 aromatic heterocycles. The van der Waals surface area contributed by atoms with E-state index in [1.165, 1.54) is 6.20 Å². The van der Waals surface area contributed by atoms with Crippen molar-refractivity contribution < 1.29 is 19.1 Å². The molecular formula is C17H17ClN2O4. The molecule has 126 valence electrons. The summed E-state index contributed by atoms with van der Waals surface area (Å²) in [5.41, 5.74) is 2.07. The highest BCUT2D eigenvalue weighted by Crippen LogP contribution is 2.16. The Balaban J connectivity index is 1.74. The van der Waals surface area contributed by atoms with Gasteiger partial charge >= 0.3 is 5.97 Å². The van der Waals surface area contributed by atoms with Gasteiger partial charge in [0.2, 0.25) is 0 Å². The summed E-state index contributed by atoms with van der Waals surface area (Å²) in [4.78, 5) is 27.2. The molecule has 7 heteroatoms. The van der Waals surface area contributed by atoms with E-state index in [0.717, 1.165) is 11.1 Å². The molecule has 2 rings (SSSR count). The van der Waals surface area contributed by atoms with Gasteiger partial charge in [0, 0.05) is 6.20 Å². The topological polar surface area (TPSA) is 77.5 Å². The zero-order valence-electron chi connectivity index (χ0n) is 13.3. The van der Waals surface area contributed by atoms with Gasteiger partial charge in [0.05, 0.1) is 5.02 Å². The highest BCUT2D eigenvalue weighted by atomic mass is 35.5. The van der Waals surface area contributed by atoms with Crippen LogP contribution in [0.4, 0.5) is 5.82 Å². The van der Waals surface area contributed by atoms with Gasteiger partial charge in [-0.1, -0.05) is 17.7 Å². The number of pyridine rings is 1. The summed E-state index contributed by atoms with van der Waals surface area (Å²) >= 11 is 5.70. The number of hydrogen-bond donors (Lipinski definition) is 1. The van der Waals surface area contributed by atoms with Crippen molar-refractivity contribution in [3.8, 4) is 5.75 Å². The van der Waals surface area contributed by atoms with Gasteiger partial charge in [0.25, 0.3) is 5.91 Å². The van der Waals surface area contributed by atoms with Gasteiger partial charge in [-0.05, 0) is 49.2 Å². The summed E-state index contributed by atoms with van der Waals surface area (Å²) in [6.07, 6.45) is 1.40. The number of ether oxygens (including phenoxy) is 2. The molecule has 0 aliphatic rings. The summed E-state index contributed by atoms with van der Waals surface area (Å²) in [5.74, 6) is -0.218. The number of nitrogens with one attached hydrogen (secondary N) is 1. The van der Waals surface area contributed by atoms with Crippen molar-refractivity contribution in [3.05, 3.63) is 52.7 Å². The first kappa shape index (κ1) is 17.7. The maximum atomic E-state index is 11.7. The molecular weight excluding hydrogens is 332 g/mol. The number of carbonyl (C=O) groups excluding carboxylic acids is 2. The molecule has 1 amide bonds. The molecule has 0 saturated heterocycles. The van der Waals surface area contributed by atoms with Crippen LogP contribution in [-0.2, 0) is 14.3 Å². The fourth-order valence-electron chi connectivity index (χ4n) is 1.97. The lowest BCUT2D eigenvalue weighted by atomic mass is 10.1. The van der Waals surface area contributed by atoms with E-state index >= 15 is 0 Å².